The third-order valence-corrected chi connectivity index (χ3v) is 8.08. The number of thiophene rings is 1. The molecule has 9 heteroatoms. The van der Waals surface area contributed by atoms with Gasteiger partial charge in [0.2, 0.25) is 0 Å². The van der Waals surface area contributed by atoms with Gasteiger partial charge in [-0.25, -0.2) is 9.97 Å². The molecule has 1 saturated heterocycles. The number of likely N-dealkylation sites (tertiary alicyclic amines) is 1. The number of fused-ring (bicyclic) bond motifs is 1. The first-order valence-electron chi connectivity index (χ1n) is 10.4. The summed E-state index contributed by atoms with van der Waals surface area (Å²) >= 11 is 2.78. The van der Waals surface area contributed by atoms with Crippen LogP contribution in [0.5, 0.6) is 11.5 Å². The maximum Gasteiger partial charge on any atom is 0.183 e. The SMILES string of the molecule is COc1cc2nc(C)nc(SCC(=O)c3ccc(C4(O)CCN(C)CC4)s3)c2cc1OC. The Hall–Kier alpha value is -2.20. The minimum absolute atomic E-state index is 0.0210. The smallest absolute Gasteiger partial charge is 0.183 e. The molecule has 0 amide bonds. The highest BCUT2D eigenvalue weighted by Gasteiger charge is 2.34. The maximum atomic E-state index is 12.9. The van der Waals surface area contributed by atoms with Crippen molar-refractivity contribution in [2.24, 2.45) is 0 Å². The van der Waals surface area contributed by atoms with Gasteiger partial charge in [-0.1, -0.05) is 11.8 Å². The van der Waals surface area contributed by atoms with Crippen LogP contribution in [0.2, 0.25) is 0 Å². The van der Waals surface area contributed by atoms with E-state index in [1.807, 2.05) is 31.2 Å². The van der Waals surface area contributed by atoms with Gasteiger partial charge in [0.15, 0.2) is 17.3 Å². The van der Waals surface area contributed by atoms with E-state index in [0.29, 0.717) is 35.0 Å². The number of piperidine rings is 1. The van der Waals surface area contributed by atoms with E-state index in [1.54, 1.807) is 14.2 Å². The number of carbonyl (C=O) groups excluding carboxylic acids is 1. The van der Waals surface area contributed by atoms with E-state index in [9.17, 15) is 9.90 Å². The summed E-state index contributed by atoms with van der Waals surface area (Å²) in [7, 11) is 5.23. The summed E-state index contributed by atoms with van der Waals surface area (Å²) in [5.41, 5.74) is -0.0914. The molecule has 0 spiro atoms. The van der Waals surface area contributed by atoms with E-state index in [0.717, 1.165) is 33.9 Å². The van der Waals surface area contributed by atoms with Crippen LogP contribution in [0.3, 0.4) is 0 Å². The van der Waals surface area contributed by atoms with Gasteiger partial charge >= 0.3 is 0 Å². The number of rotatable bonds is 7. The number of aliphatic hydroxyl groups is 1. The fourth-order valence-electron chi connectivity index (χ4n) is 3.83. The van der Waals surface area contributed by atoms with E-state index in [1.165, 1.54) is 23.1 Å². The average molecular weight is 474 g/mol. The van der Waals surface area contributed by atoms with E-state index in [-0.39, 0.29) is 11.5 Å². The van der Waals surface area contributed by atoms with Crippen molar-refractivity contribution in [2.75, 3.05) is 40.1 Å². The van der Waals surface area contributed by atoms with Crippen LogP contribution in [0.25, 0.3) is 10.9 Å². The third kappa shape index (κ3) is 4.61. The van der Waals surface area contributed by atoms with Gasteiger partial charge in [-0.05, 0) is 45.0 Å². The minimum Gasteiger partial charge on any atom is -0.493 e. The van der Waals surface area contributed by atoms with Crippen molar-refractivity contribution in [1.29, 1.82) is 0 Å². The van der Waals surface area contributed by atoms with Gasteiger partial charge in [0.25, 0.3) is 0 Å². The molecule has 1 N–H and O–H groups in total. The second kappa shape index (κ2) is 9.35. The molecule has 0 saturated carbocycles. The van der Waals surface area contributed by atoms with E-state index in [2.05, 4.69) is 21.9 Å². The van der Waals surface area contributed by atoms with E-state index >= 15 is 0 Å². The van der Waals surface area contributed by atoms with Crippen molar-refractivity contribution in [1.82, 2.24) is 14.9 Å². The summed E-state index contributed by atoms with van der Waals surface area (Å²) in [4.78, 5) is 25.7. The summed E-state index contributed by atoms with van der Waals surface area (Å²) in [5, 5.41) is 12.6. The maximum absolute atomic E-state index is 12.9. The highest BCUT2D eigenvalue weighted by Crippen LogP contribution is 2.38. The fraction of sp³-hybridized carbons (Fsp3) is 0.435. The predicted molar refractivity (Wildman–Crippen MR) is 127 cm³/mol. The molecule has 1 aromatic carbocycles. The number of hydrogen-bond acceptors (Lipinski definition) is 9. The third-order valence-electron chi connectivity index (χ3n) is 5.77. The normalized spacial score (nSPS) is 16.3. The first-order valence-corrected chi connectivity index (χ1v) is 12.2. The number of nitrogens with zero attached hydrogens (tertiary/aromatic N) is 3. The lowest BCUT2D eigenvalue weighted by molar-refractivity contribution is -0.0172. The second-order valence-corrected chi connectivity index (χ2v) is 10.1. The molecule has 4 rings (SSSR count). The predicted octanol–water partition coefficient (Wildman–Crippen LogP) is 3.91. The number of carbonyl (C=O) groups is 1. The Morgan fingerprint density at radius 1 is 1.19 bits per heavy atom. The summed E-state index contributed by atoms with van der Waals surface area (Å²) < 4.78 is 10.8. The molecular weight excluding hydrogens is 446 g/mol. The van der Waals surface area contributed by atoms with Crippen molar-refractivity contribution < 1.29 is 19.4 Å². The molecule has 0 bridgehead atoms. The zero-order chi connectivity index (χ0) is 22.9. The standard InChI is InChI=1S/C23H27N3O4S2/c1-14-24-16-12-19(30-4)18(29-3)11-15(16)22(25-14)31-13-17(27)20-5-6-21(32-20)23(28)7-9-26(2)10-8-23/h5-6,11-12,28H,7-10,13H2,1-4H3. The van der Waals surface area contributed by atoms with Gasteiger partial charge < -0.3 is 19.5 Å². The van der Waals surface area contributed by atoms with Gasteiger partial charge in [0.05, 0.1) is 30.4 Å². The first kappa shape index (κ1) is 23.0. The van der Waals surface area contributed by atoms with E-state index < -0.39 is 5.60 Å². The van der Waals surface area contributed by atoms with Gasteiger partial charge in [0.1, 0.15) is 16.5 Å². The number of hydrogen-bond donors (Lipinski definition) is 1. The van der Waals surface area contributed by atoms with Crippen LogP contribution in [0.1, 0.15) is 33.2 Å². The zero-order valence-corrected chi connectivity index (χ0v) is 20.3. The number of methoxy groups -OCH3 is 2. The Balaban J connectivity index is 1.53. The Bertz CT molecular complexity index is 1140. The van der Waals surface area contributed by atoms with Crippen LogP contribution in [0, 0.1) is 6.92 Å². The number of thioether (sulfide) groups is 1. The van der Waals surface area contributed by atoms with Gasteiger partial charge in [-0.3, -0.25) is 4.79 Å². The lowest BCUT2D eigenvalue weighted by Crippen LogP contribution is -2.40. The summed E-state index contributed by atoms with van der Waals surface area (Å²) in [6.07, 6.45) is 1.37. The van der Waals surface area contributed by atoms with Crippen molar-refractivity contribution >= 4 is 39.8 Å². The Morgan fingerprint density at radius 2 is 1.88 bits per heavy atom. The monoisotopic (exact) mass is 473 g/mol. The van der Waals surface area contributed by atoms with Crippen molar-refractivity contribution in [3.63, 3.8) is 0 Å². The number of aryl methyl sites for hydroxylation is 1. The van der Waals surface area contributed by atoms with Crippen LogP contribution < -0.4 is 9.47 Å². The molecule has 2 aromatic heterocycles. The Kier molecular flexibility index (Phi) is 6.71. The van der Waals surface area contributed by atoms with Crippen LogP contribution in [0.15, 0.2) is 29.3 Å². The number of aromatic nitrogens is 2. The number of Topliss-reactive ketones (excluding diaryl/α,β-unsaturated/α-hetero) is 1. The fourth-order valence-corrected chi connectivity index (χ4v) is 5.95. The lowest BCUT2D eigenvalue weighted by Gasteiger charge is -2.35. The highest BCUT2D eigenvalue weighted by atomic mass is 32.2. The van der Waals surface area contributed by atoms with Crippen molar-refractivity contribution in [3.05, 3.63) is 39.8 Å². The Labute approximate surface area is 195 Å². The molecule has 0 atom stereocenters. The van der Waals surface area contributed by atoms with Crippen molar-refractivity contribution in [3.8, 4) is 11.5 Å². The van der Waals surface area contributed by atoms with Crippen molar-refractivity contribution in [2.45, 2.75) is 30.4 Å². The first-order chi connectivity index (χ1) is 15.3. The van der Waals surface area contributed by atoms with Crippen LogP contribution in [-0.2, 0) is 5.60 Å². The van der Waals surface area contributed by atoms with Gasteiger partial charge in [-0.2, -0.15) is 0 Å². The highest BCUT2D eigenvalue weighted by molar-refractivity contribution is 8.00. The lowest BCUT2D eigenvalue weighted by atomic mass is 9.90. The molecule has 0 unspecified atom stereocenters. The number of benzene rings is 1. The van der Waals surface area contributed by atoms with Gasteiger partial charge in [0, 0.05) is 29.4 Å². The summed E-state index contributed by atoms with van der Waals surface area (Å²) in [5.74, 6) is 2.09. The molecule has 32 heavy (non-hydrogen) atoms. The molecule has 1 aliphatic rings. The second-order valence-electron chi connectivity index (χ2n) is 8.01. The van der Waals surface area contributed by atoms with Crippen LogP contribution >= 0.6 is 23.1 Å². The van der Waals surface area contributed by atoms with E-state index in [4.69, 9.17) is 9.47 Å². The molecule has 3 aromatic rings. The average Bonchev–Trinajstić information content (AvgIpc) is 3.29. The molecule has 3 heterocycles. The quantitative estimate of drug-likeness (QED) is 0.314. The Morgan fingerprint density at radius 3 is 2.56 bits per heavy atom. The molecule has 1 fully saturated rings. The molecule has 0 radical (unpaired) electrons. The van der Waals surface area contributed by atoms with Crippen LogP contribution in [-0.4, -0.2) is 65.9 Å². The number of ketones is 1. The molecular formula is C23H27N3O4S2. The van der Waals surface area contributed by atoms with Crippen LogP contribution in [0.4, 0.5) is 0 Å². The zero-order valence-electron chi connectivity index (χ0n) is 18.7. The largest absolute Gasteiger partial charge is 0.493 e. The number of ether oxygens (including phenoxy) is 2. The molecule has 1 aliphatic heterocycles. The molecule has 0 aliphatic carbocycles. The summed E-state index contributed by atoms with van der Waals surface area (Å²) in [6, 6.07) is 7.40. The topological polar surface area (TPSA) is 84.8 Å². The van der Waals surface area contributed by atoms with Gasteiger partial charge in [-0.15, -0.1) is 11.3 Å². The molecule has 7 nitrogen and oxygen atoms in total. The summed E-state index contributed by atoms with van der Waals surface area (Å²) in [6.45, 7) is 3.53. The minimum atomic E-state index is -0.835. The molecule has 170 valence electrons.